The number of anilines is 1. The van der Waals surface area contributed by atoms with Crippen molar-refractivity contribution in [1.29, 1.82) is 0 Å². The van der Waals surface area contributed by atoms with Crippen LogP contribution in [0, 0.1) is 0 Å². The lowest BCUT2D eigenvalue weighted by Gasteiger charge is -2.20. The highest BCUT2D eigenvalue weighted by molar-refractivity contribution is 5.77. The average molecular weight is 265 g/mol. The van der Waals surface area contributed by atoms with Gasteiger partial charge < -0.3 is 26.2 Å². The third-order valence-corrected chi connectivity index (χ3v) is 2.79. The molecule has 0 saturated heterocycles. The highest BCUT2D eigenvalue weighted by atomic mass is 16.4. The van der Waals surface area contributed by atoms with Gasteiger partial charge in [0.05, 0.1) is 29.5 Å². The van der Waals surface area contributed by atoms with Crippen LogP contribution in [0.5, 0.6) is 0 Å². The molecule has 7 nitrogen and oxygen atoms in total. The maximum Gasteiger partial charge on any atom is 0.126 e. The summed E-state index contributed by atoms with van der Waals surface area (Å²) < 4.78 is 0. The Kier molecular flexibility index (Phi) is 3.91. The van der Waals surface area contributed by atoms with Gasteiger partial charge in [-0.2, -0.15) is 0 Å². The van der Waals surface area contributed by atoms with Crippen LogP contribution >= 0.6 is 0 Å². The first-order valence-corrected chi connectivity index (χ1v) is 5.70. The molecule has 1 heterocycles. The molecule has 0 bridgehead atoms. The first-order valence-electron chi connectivity index (χ1n) is 5.70. The smallest absolute Gasteiger partial charge is 0.126 e. The van der Waals surface area contributed by atoms with Crippen molar-refractivity contribution < 1.29 is 20.4 Å². The van der Waals surface area contributed by atoms with Crippen molar-refractivity contribution in [2.45, 2.75) is 18.3 Å². The quantitative estimate of drug-likeness (QED) is 0.446. The minimum atomic E-state index is -1.54. The SMILES string of the molecule is Nc1ccc2nc([C@@H](O)[C@H](O)[C@H](O)CO)cnc2c1. The number of hydrogen-bond donors (Lipinski definition) is 5. The van der Waals surface area contributed by atoms with Crippen molar-refractivity contribution in [3.05, 3.63) is 30.1 Å². The largest absolute Gasteiger partial charge is 0.399 e. The molecule has 0 unspecified atom stereocenters. The minimum Gasteiger partial charge on any atom is -0.399 e. The van der Waals surface area contributed by atoms with Crippen LogP contribution in [0.2, 0.25) is 0 Å². The molecule has 0 fully saturated rings. The van der Waals surface area contributed by atoms with Gasteiger partial charge in [0.2, 0.25) is 0 Å². The Morgan fingerprint density at radius 3 is 2.58 bits per heavy atom. The molecular formula is C12H15N3O4. The lowest BCUT2D eigenvalue weighted by Crippen LogP contribution is -2.35. The molecule has 19 heavy (non-hydrogen) atoms. The van der Waals surface area contributed by atoms with Gasteiger partial charge in [-0.25, -0.2) is 4.98 Å². The molecule has 0 aliphatic carbocycles. The fourth-order valence-corrected chi connectivity index (χ4v) is 1.68. The molecule has 2 aromatic rings. The fourth-order valence-electron chi connectivity index (χ4n) is 1.68. The van der Waals surface area contributed by atoms with Crippen molar-refractivity contribution in [3.8, 4) is 0 Å². The number of aliphatic hydroxyl groups is 4. The Hall–Kier alpha value is -1.80. The van der Waals surface area contributed by atoms with E-state index >= 15 is 0 Å². The Balaban J connectivity index is 2.32. The molecule has 6 N–H and O–H groups in total. The number of nitrogens with zero attached hydrogens (tertiary/aromatic N) is 2. The fraction of sp³-hybridized carbons (Fsp3) is 0.333. The van der Waals surface area contributed by atoms with E-state index in [9.17, 15) is 15.3 Å². The van der Waals surface area contributed by atoms with Gasteiger partial charge in [-0.15, -0.1) is 0 Å². The molecule has 2 rings (SSSR count). The van der Waals surface area contributed by atoms with Crippen LogP contribution in [0.1, 0.15) is 11.8 Å². The van der Waals surface area contributed by atoms with E-state index in [2.05, 4.69) is 9.97 Å². The summed E-state index contributed by atoms with van der Waals surface area (Å²) in [4.78, 5) is 8.21. The third-order valence-electron chi connectivity index (χ3n) is 2.79. The number of hydrogen-bond acceptors (Lipinski definition) is 7. The second-order valence-electron chi connectivity index (χ2n) is 4.23. The predicted molar refractivity (Wildman–Crippen MR) is 68.0 cm³/mol. The van der Waals surface area contributed by atoms with E-state index in [1.165, 1.54) is 6.20 Å². The third kappa shape index (κ3) is 2.79. The molecule has 0 saturated carbocycles. The zero-order chi connectivity index (χ0) is 14.0. The molecule has 102 valence electrons. The maximum absolute atomic E-state index is 9.86. The van der Waals surface area contributed by atoms with Gasteiger partial charge in [0.15, 0.2) is 0 Å². The highest BCUT2D eigenvalue weighted by Crippen LogP contribution is 2.20. The van der Waals surface area contributed by atoms with E-state index in [-0.39, 0.29) is 5.69 Å². The van der Waals surface area contributed by atoms with Gasteiger partial charge in [-0.1, -0.05) is 0 Å². The highest BCUT2D eigenvalue weighted by Gasteiger charge is 2.26. The summed E-state index contributed by atoms with van der Waals surface area (Å²) in [6.07, 6.45) is -3.12. The van der Waals surface area contributed by atoms with Crippen LogP contribution in [-0.4, -0.2) is 49.2 Å². The van der Waals surface area contributed by atoms with E-state index in [1.54, 1.807) is 18.2 Å². The lowest BCUT2D eigenvalue weighted by atomic mass is 10.1. The summed E-state index contributed by atoms with van der Waals surface area (Å²) >= 11 is 0. The predicted octanol–water partition coefficient (Wildman–Crippen LogP) is -1.04. The lowest BCUT2D eigenvalue weighted by molar-refractivity contribution is -0.0789. The molecule has 3 atom stereocenters. The minimum absolute atomic E-state index is 0.109. The van der Waals surface area contributed by atoms with Crippen LogP contribution < -0.4 is 5.73 Å². The first-order chi connectivity index (χ1) is 9.02. The van der Waals surface area contributed by atoms with Gasteiger partial charge >= 0.3 is 0 Å². The van der Waals surface area contributed by atoms with E-state index in [4.69, 9.17) is 10.8 Å². The van der Waals surface area contributed by atoms with Gasteiger partial charge in [0.25, 0.3) is 0 Å². The molecule has 1 aromatic heterocycles. The molecule has 1 aromatic carbocycles. The van der Waals surface area contributed by atoms with Crippen LogP contribution in [0.3, 0.4) is 0 Å². The second-order valence-corrected chi connectivity index (χ2v) is 4.23. The number of aliphatic hydroxyl groups excluding tert-OH is 4. The van der Waals surface area contributed by atoms with E-state index in [0.717, 1.165) is 0 Å². The summed E-state index contributed by atoms with van der Waals surface area (Å²) in [5.74, 6) is 0. The van der Waals surface area contributed by atoms with Crippen molar-refractivity contribution in [2.24, 2.45) is 0 Å². The van der Waals surface area contributed by atoms with Crippen molar-refractivity contribution in [2.75, 3.05) is 12.3 Å². The molecule has 0 aliphatic heterocycles. The van der Waals surface area contributed by atoms with Crippen molar-refractivity contribution in [3.63, 3.8) is 0 Å². The van der Waals surface area contributed by atoms with Crippen LogP contribution in [0.25, 0.3) is 11.0 Å². The first kappa shape index (κ1) is 13.6. The molecule has 7 heteroatoms. The normalized spacial score (nSPS) is 16.2. The maximum atomic E-state index is 9.86. The summed E-state index contributed by atoms with van der Waals surface area (Å²) in [6, 6.07) is 4.92. The number of nitrogen functional groups attached to an aromatic ring is 1. The summed E-state index contributed by atoms with van der Waals surface area (Å²) in [5, 5.41) is 37.5. The number of benzene rings is 1. The van der Waals surface area contributed by atoms with E-state index < -0.39 is 24.9 Å². The average Bonchev–Trinajstić information content (AvgIpc) is 2.44. The topological polar surface area (TPSA) is 133 Å². The van der Waals surface area contributed by atoms with Crippen molar-refractivity contribution >= 4 is 16.7 Å². The number of rotatable bonds is 4. The Labute approximate surface area is 109 Å². The monoisotopic (exact) mass is 265 g/mol. The standard InChI is InChI=1S/C12H15N3O4/c13-6-1-2-7-8(3-6)14-4-9(15-7)11(18)12(19)10(17)5-16/h1-4,10-12,16-19H,5,13H2/t10-,11-,12-/m1/s1. The molecule has 0 radical (unpaired) electrons. The van der Waals surface area contributed by atoms with Crippen molar-refractivity contribution in [1.82, 2.24) is 9.97 Å². The zero-order valence-corrected chi connectivity index (χ0v) is 10.0. The number of aromatic nitrogens is 2. The Morgan fingerprint density at radius 2 is 1.89 bits per heavy atom. The Morgan fingerprint density at radius 1 is 1.16 bits per heavy atom. The van der Waals surface area contributed by atoms with Gasteiger partial charge in [-0.3, -0.25) is 4.98 Å². The molecule has 0 amide bonds. The molecular weight excluding hydrogens is 250 g/mol. The van der Waals surface area contributed by atoms with Crippen LogP contribution in [-0.2, 0) is 0 Å². The summed E-state index contributed by atoms with van der Waals surface area (Å²) in [5.41, 5.74) is 7.34. The molecule has 0 aliphatic rings. The number of fused-ring (bicyclic) bond motifs is 1. The van der Waals surface area contributed by atoms with Gasteiger partial charge in [-0.05, 0) is 18.2 Å². The van der Waals surface area contributed by atoms with Gasteiger partial charge in [0.1, 0.15) is 18.3 Å². The summed E-state index contributed by atoms with van der Waals surface area (Å²) in [6.45, 7) is -0.657. The number of nitrogens with two attached hydrogens (primary N) is 1. The second kappa shape index (κ2) is 5.45. The zero-order valence-electron chi connectivity index (χ0n) is 10.0. The van der Waals surface area contributed by atoms with E-state index in [0.29, 0.717) is 16.7 Å². The molecule has 0 spiro atoms. The van der Waals surface area contributed by atoms with Crippen LogP contribution in [0.4, 0.5) is 5.69 Å². The van der Waals surface area contributed by atoms with Gasteiger partial charge in [0, 0.05) is 5.69 Å². The van der Waals surface area contributed by atoms with E-state index in [1.807, 2.05) is 0 Å². The Bertz CT molecular complexity index is 578. The summed E-state index contributed by atoms with van der Waals surface area (Å²) in [7, 11) is 0. The van der Waals surface area contributed by atoms with Crippen LogP contribution in [0.15, 0.2) is 24.4 Å².